The lowest BCUT2D eigenvalue weighted by molar-refractivity contribution is 1.27. The molecule has 1 nitrogen and oxygen atoms in total. The predicted octanol–water partition coefficient (Wildman–Crippen LogP) is 4.83. The molecule has 0 radical (unpaired) electrons. The summed E-state index contributed by atoms with van der Waals surface area (Å²) in [5.74, 6) is 0.928. The number of nitrogens with two attached hydrogens (primary N) is 1. The molecule has 94 valence electrons. The second kappa shape index (κ2) is 5.68. The molecular formula is C15H16ClNS. The van der Waals surface area contributed by atoms with Crippen molar-refractivity contribution >= 4 is 29.1 Å². The molecule has 0 aromatic heterocycles. The predicted molar refractivity (Wildman–Crippen MR) is 81.3 cm³/mol. The van der Waals surface area contributed by atoms with Gasteiger partial charge in [0.2, 0.25) is 0 Å². The van der Waals surface area contributed by atoms with Crippen LogP contribution in [0.2, 0.25) is 5.02 Å². The smallest absolute Gasteiger partial charge is 0.0562 e. The topological polar surface area (TPSA) is 26.0 Å². The van der Waals surface area contributed by atoms with Crippen molar-refractivity contribution in [3.63, 3.8) is 0 Å². The van der Waals surface area contributed by atoms with Crippen molar-refractivity contribution in [2.45, 2.75) is 24.5 Å². The summed E-state index contributed by atoms with van der Waals surface area (Å²) >= 11 is 7.91. The minimum Gasteiger partial charge on any atom is -0.399 e. The van der Waals surface area contributed by atoms with Gasteiger partial charge < -0.3 is 5.73 Å². The zero-order valence-electron chi connectivity index (χ0n) is 10.5. The zero-order chi connectivity index (χ0) is 13.1. The Morgan fingerprint density at radius 1 is 1.11 bits per heavy atom. The fourth-order valence-corrected chi connectivity index (χ4v) is 3.08. The van der Waals surface area contributed by atoms with Crippen LogP contribution in [0.1, 0.15) is 16.7 Å². The molecule has 2 rings (SSSR count). The zero-order valence-corrected chi connectivity index (χ0v) is 12.1. The first-order valence-electron chi connectivity index (χ1n) is 5.80. The third-order valence-electron chi connectivity index (χ3n) is 2.84. The molecule has 3 heteroatoms. The molecule has 0 amide bonds. The second-order valence-corrected chi connectivity index (χ2v) is 5.83. The van der Waals surface area contributed by atoms with Crippen molar-refractivity contribution in [1.29, 1.82) is 0 Å². The summed E-state index contributed by atoms with van der Waals surface area (Å²) in [6.07, 6.45) is 0. The molecule has 2 aromatic rings. The quantitative estimate of drug-likeness (QED) is 0.642. The molecular weight excluding hydrogens is 262 g/mol. The van der Waals surface area contributed by atoms with E-state index in [2.05, 4.69) is 32.0 Å². The number of halogens is 1. The maximum absolute atomic E-state index is 6.17. The molecule has 0 unspecified atom stereocenters. The Labute approximate surface area is 117 Å². The molecule has 0 spiro atoms. The van der Waals surface area contributed by atoms with Crippen molar-refractivity contribution in [1.82, 2.24) is 0 Å². The van der Waals surface area contributed by atoms with Gasteiger partial charge in [-0.1, -0.05) is 35.4 Å². The highest BCUT2D eigenvalue weighted by Crippen LogP contribution is 2.31. The van der Waals surface area contributed by atoms with Crippen molar-refractivity contribution < 1.29 is 0 Å². The summed E-state index contributed by atoms with van der Waals surface area (Å²) in [5, 5.41) is 0.727. The normalized spacial score (nSPS) is 10.6. The molecule has 2 N–H and O–H groups in total. The summed E-state index contributed by atoms with van der Waals surface area (Å²) in [6.45, 7) is 4.25. The van der Waals surface area contributed by atoms with E-state index in [0.29, 0.717) is 5.69 Å². The SMILES string of the molecule is Cc1ccc(C)c(CSc2ccc(N)cc2Cl)c1. The lowest BCUT2D eigenvalue weighted by atomic mass is 10.1. The van der Waals surface area contributed by atoms with Crippen LogP contribution in [0.5, 0.6) is 0 Å². The molecule has 2 aromatic carbocycles. The Morgan fingerprint density at radius 3 is 2.61 bits per heavy atom. The van der Waals surface area contributed by atoms with Crippen molar-refractivity contribution in [2.75, 3.05) is 5.73 Å². The Balaban J connectivity index is 2.13. The van der Waals surface area contributed by atoms with Crippen LogP contribution in [0.3, 0.4) is 0 Å². The Kier molecular flexibility index (Phi) is 4.20. The number of benzene rings is 2. The van der Waals surface area contributed by atoms with Crippen LogP contribution in [0.25, 0.3) is 0 Å². The molecule has 0 aliphatic carbocycles. The van der Waals surface area contributed by atoms with Gasteiger partial charge in [-0.15, -0.1) is 11.8 Å². The van der Waals surface area contributed by atoms with Crippen LogP contribution in [0, 0.1) is 13.8 Å². The standard InChI is InChI=1S/C15H16ClNS/c1-10-3-4-11(2)12(7-10)9-18-15-6-5-13(17)8-14(15)16/h3-8H,9,17H2,1-2H3. The highest BCUT2D eigenvalue weighted by molar-refractivity contribution is 7.98. The third kappa shape index (κ3) is 3.21. The summed E-state index contributed by atoms with van der Waals surface area (Å²) in [4.78, 5) is 1.08. The van der Waals surface area contributed by atoms with Crippen LogP contribution >= 0.6 is 23.4 Å². The number of aryl methyl sites for hydroxylation is 2. The van der Waals surface area contributed by atoms with Crippen molar-refractivity contribution in [3.05, 3.63) is 58.1 Å². The number of nitrogen functional groups attached to an aromatic ring is 1. The molecule has 0 saturated carbocycles. The number of rotatable bonds is 3. The summed E-state index contributed by atoms with van der Waals surface area (Å²) in [7, 11) is 0. The molecule has 0 aliphatic rings. The van der Waals surface area contributed by atoms with E-state index in [0.717, 1.165) is 15.7 Å². The van der Waals surface area contributed by atoms with Gasteiger partial charge in [-0.3, -0.25) is 0 Å². The summed E-state index contributed by atoms with van der Waals surface area (Å²) in [5.41, 5.74) is 10.4. The second-order valence-electron chi connectivity index (χ2n) is 4.41. The van der Waals surface area contributed by atoms with E-state index in [1.165, 1.54) is 16.7 Å². The van der Waals surface area contributed by atoms with Crippen LogP contribution in [-0.4, -0.2) is 0 Å². The average molecular weight is 278 g/mol. The highest BCUT2D eigenvalue weighted by atomic mass is 35.5. The van der Waals surface area contributed by atoms with Gasteiger partial charge in [0.1, 0.15) is 0 Å². The monoisotopic (exact) mass is 277 g/mol. The lowest BCUT2D eigenvalue weighted by Gasteiger charge is -2.08. The first kappa shape index (κ1) is 13.3. The Bertz CT molecular complexity index is 566. The summed E-state index contributed by atoms with van der Waals surface area (Å²) < 4.78 is 0. The number of hydrogen-bond donors (Lipinski definition) is 1. The van der Waals surface area contributed by atoms with E-state index in [9.17, 15) is 0 Å². The maximum Gasteiger partial charge on any atom is 0.0562 e. The molecule has 0 heterocycles. The first-order chi connectivity index (χ1) is 8.56. The van der Waals surface area contributed by atoms with Gasteiger partial charge in [-0.25, -0.2) is 0 Å². The van der Waals surface area contributed by atoms with Crippen LogP contribution in [-0.2, 0) is 5.75 Å². The lowest BCUT2D eigenvalue weighted by Crippen LogP contribution is -1.89. The molecule has 0 bridgehead atoms. The fourth-order valence-electron chi connectivity index (χ4n) is 1.75. The average Bonchev–Trinajstić information content (AvgIpc) is 2.32. The minimum atomic E-state index is 0.705. The molecule has 0 aliphatic heterocycles. The molecule has 0 fully saturated rings. The van der Waals surface area contributed by atoms with E-state index in [1.807, 2.05) is 12.1 Å². The third-order valence-corrected chi connectivity index (χ3v) is 4.39. The molecule has 0 saturated heterocycles. The van der Waals surface area contributed by atoms with Gasteiger partial charge in [0.05, 0.1) is 5.02 Å². The number of anilines is 1. The largest absolute Gasteiger partial charge is 0.399 e. The Morgan fingerprint density at radius 2 is 1.89 bits per heavy atom. The minimum absolute atomic E-state index is 0.705. The van der Waals surface area contributed by atoms with Crippen molar-refractivity contribution in [2.24, 2.45) is 0 Å². The van der Waals surface area contributed by atoms with E-state index >= 15 is 0 Å². The van der Waals surface area contributed by atoms with Crippen LogP contribution in [0.4, 0.5) is 5.69 Å². The number of hydrogen-bond acceptors (Lipinski definition) is 2. The van der Waals surface area contributed by atoms with E-state index in [1.54, 1.807) is 17.8 Å². The van der Waals surface area contributed by atoms with Crippen LogP contribution < -0.4 is 5.73 Å². The van der Waals surface area contributed by atoms with E-state index in [-0.39, 0.29) is 0 Å². The van der Waals surface area contributed by atoms with E-state index in [4.69, 9.17) is 17.3 Å². The highest BCUT2D eigenvalue weighted by Gasteiger charge is 2.04. The van der Waals surface area contributed by atoms with Gasteiger partial charge in [-0.2, -0.15) is 0 Å². The van der Waals surface area contributed by atoms with Crippen LogP contribution in [0.15, 0.2) is 41.3 Å². The fraction of sp³-hybridized carbons (Fsp3) is 0.200. The first-order valence-corrected chi connectivity index (χ1v) is 7.16. The maximum atomic E-state index is 6.17. The van der Waals surface area contributed by atoms with Gasteiger partial charge in [0.25, 0.3) is 0 Å². The van der Waals surface area contributed by atoms with Gasteiger partial charge in [-0.05, 0) is 43.2 Å². The Hall–Kier alpha value is -1.12. The van der Waals surface area contributed by atoms with Gasteiger partial charge in [0, 0.05) is 16.3 Å². The van der Waals surface area contributed by atoms with E-state index < -0.39 is 0 Å². The van der Waals surface area contributed by atoms with Crippen molar-refractivity contribution in [3.8, 4) is 0 Å². The molecule has 18 heavy (non-hydrogen) atoms. The summed E-state index contributed by atoms with van der Waals surface area (Å²) in [6, 6.07) is 12.2. The van der Waals surface area contributed by atoms with Gasteiger partial charge >= 0.3 is 0 Å². The molecule has 0 atom stereocenters. The van der Waals surface area contributed by atoms with Gasteiger partial charge in [0.15, 0.2) is 0 Å². The number of thioether (sulfide) groups is 1.